The Morgan fingerprint density at radius 2 is 0.467 bits per heavy atom. The minimum Gasteiger partial charge on any atom is -0.487 e. The average Bonchev–Trinajstić information content (AvgIpc) is 3.30. The summed E-state index contributed by atoms with van der Waals surface area (Å²) in [6.07, 6.45) is 0. The number of rotatable bonds is 22. The molecule has 0 radical (unpaired) electrons. The fourth-order valence-corrected chi connectivity index (χ4v) is 6.79. The summed E-state index contributed by atoms with van der Waals surface area (Å²) in [5.74, 6) is 4.05. The maximum Gasteiger partial charge on any atom is 0.162 e. The molecule has 8 aromatic rings. The molecule has 8 aromatic carbocycles. The van der Waals surface area contributed by atoms with Crippen LogP contribution in [0.15, 0.2) is 170 Å². The standard InChI is InChI=1S/C52H48O8/c1-3-13-39(14-4-1)37-59-51-35-45-21-11-9-19-43(45)33-49(51)57-29-25-53-23-27-55-47-31-41-17-7-8-18-42(41)32-48(47)56-28-24-54-26-30-58-50-34-44-20-10-12-22-46(44)36-52(50)60-38-40-15-5-2-6-16-40/h1-22,31-36H,23-30,37-38H2. The van der Waals surface area contributed by atoms with Crippen LogP contribution in [0.3, 0.4) is 0 Å². The number of hydrogen-bond acceptors (Lipinski definition) is 8. The van der Waals surface area contributed by atoms with Crippen molar-refractivity contribution in [3.05, 3.63) is 181 Å². The highest BCUT2D eigenvalue weighted by Crippen LogP contribution is 2.35. The Morgan fingerprint density at radius 3 is 0.733 bits per heavy atom. The van der Waals surface area contributed by atoms with Crippen molar-refractivity contribution < 1.29 is 37.9 Å². The van der Waals surface area contributed by atoms with E-state index < -0.39 is 0 Å². The largest absolute Gasteiger partial charge is 0.487 e. The van der Waals surface area contributed by atoms with E-state index in [0.717, 1.165) is 43.4 Å². The molecule has 0 spiro atoms. The monoisotopic (exact) mass is 800 g/mol. The Hall–Kier alpha value is -6.74. The molecule has 0 aromatic heterocycles. The van der Waals surface area contributed by atoms with Crippen LogP contribution in [0.5, 0.6) is 34.5 Å². The van der Waals surface area contributed by atoms with Crippen LogP contribution in [0.4, 0.5) is 0 Å². The summed E-state index contributed by atoms with van der Waals surface area (Å²) < 4.78 is 49.0. The van der Waals surface area contributed by atoms with E-state index in [4.69, 9.17) is 37.9 Å². The fraction of sp³-hybridized carbons (Fsp3) is 0.192. The summed E-state index contributed by atoms with van der Waals surface area (Å²) >= 11 is 0. The van der Waals surface area contributed by atoms with Gasteiger partial charge in [-0.1, -0.05) is 133 Å². The van der Waals surface area contributed by atoms with Gasteiger partial charge < -0.3 is 37.9 Å². The zero-order valence-corrected chi connectivity index (χ0v) is 33.5. The first-order valence-electron chi connectivity index (χ1n) is 20.3. The normalized spacial score (nSPS) is 11.1. The lowest BCUT2D eigenvalue weighted by Crippen LogP contribution is -2.14. The molecule has 304 valence electrons. The van der Waals surface area contributed by atoms with Gasteiger partial charge in [0.05, 0.1) is 26.4 Å². The molecule has 0 aliphatic heterocycles. The van der Waals surface area contributed by atoms with E-state index in [-0.39, 0.29) is 0 Å². The highest BCUT2D eigenvalue weighted by atomic mass is 16.6. The lowest BCUT2D eigenvalue weighted by molar-refractivity contribution is 0.0691. The second-order valence-electron chi connectivity index (χ2n) is 14.1. The van der Waals surface area contributed by atoms with Gasteiger partial charge in [0.15, 0.2) is 34.5 Å². The molecule has 0 heterocycles. The molecule has 8 rings (SSSR count). The average molecular weight is 801 g/mol. The van der Waals surface area contributed by atoms with Crippen molar-refractivity contribution in [2.75, 3.05) is 52.9 Å². The molecule has 0 atom stereocenters. The Balaban J connectivity index is 0.789. The molecule has 60 heavy (non-hydrogen) atoms. The van der Waals surface area contributed by atoms with Gasteiger partial charge in [-0.05, 0) is 79.8 Å². The van der Waals surface area contributed by atoms with Crippen molar-refractivity contribution in [3.8, 4) is 34.5 Å². The van der Waals surface area contributed by atoms with Crippen molar-refractivity contribution in [2.24, 2.45) is 0 Å². The molecular formula is C52H48O8. The summed E-state index contributed by atoms with van der Waals surface area (Å²) in [5.41, 5.74) is 2.18. The Morgan fingerprint density at radius 1 is 0.233 bits per heavy atom. The first kappa shape index (κ1) is 40.1. The molecule has 0 aliphatic carbocycles. The lowest BCUT2D eigenvalue weighted by atomic mass is 10.1. The highest BCUT2D eigenvalue weighted by Gasteiger charge is 2.12. The molecule has 0 amide bonds. The summed E-state index contributed by atoms with van der Waals surface area (Å²) in [6, 6.07) is 56.8. The van der Waals surface area contributed by atoms with Crippen molar-refractivity contribution in [1.82, 2.24) is 0 Å². The van der Waals surface area contributed by atoms with E-state index in [9.17, 15) is 0 Å². The molecule has 0 N–H and O–H groups in total. The van der Waals surface area contributed by atoms with Gasteiger partial charge >= 0.3 is 0 Å². The highest BCUT2D eigenvalue weighted by molar-refractivity contribution is 5.87. The van der Waals surface area contributed by atoms with Crippen molar-refractivity contribution in [1.29, 1.82) is 0 Å². The number of hydrogen-bond donors (Lipinski definition) is 0. The summed E-state index contributed by atoms with van der Waals surface area (Å²) in [6.45, 7) is 3.84. The minimum absolute atomic E-state index is 0.343. The molecule has 0 aliphatic rings. The van der Waals surface area contributed by atoms with Crippen LogP contribution in [-0.2, 0) is 22.7 Å². The van der Waals surface area contributed by atoms with Gasteiger partial charge in [0, 0.05) is 0 Å². The summed E-state index contributed by atoms with van der Waals surface area (Å²) in [5, 5.41) is 6.47. The van der Waals surface area contributed by atoms with Gasteiger partial charge in [0.2, 0.25) is 0 Å². The smallest absolute Gasteiger partial charge is 0.162 e. The van der Waals surface area contributed by atoms with E-state index in [2.05, 4.69) is 36.4 Å². The molecule has 0 bridgehead atoms. The van der Waals surface area contributed by atoms with Gasteiger partial charge in [-0.15, -0.1) is 0 Å². The number of fused-ring (bicyclic) bond motifs is 3. The second-order valence-corrected chi connectivity index (χ2v) is 14.1. The van der Waals surface area contributed by atoms with E-state index in [0.29, 0.717) is 101 Å². The number of ether oxygens (including phenoxy) is 8. The fourth-order valence-electron chi connectivity index (χ4n) is 6.79. The third kappa shape index (κ3) is 11.0. The third-order valence-electron chi connectivity index (χ3n) is 9.85. The van der Waals surface area contributed by atoms with E-state index >= 15 is 0 Å². The van der Waals surface area contributed by atoms with Crippen LogP contribution in [0.1, 0.15) is 11.1 Å². The molecule has 8 heteroatoms. The Labute approximate surface area is 350 Å². The van der Waals surface area contributed by atoms with Crippen LogP contribution in [0.2, 0.25) is 0 Å². The molecule has 0 fully saturated rings. The van der Waals surface area contributed by atoms with Crippen LogP contribution >= 0.6 is 0 Å². The van der Waals surface area contributed by atoms with Gasteiger partial charge in [-0.25, -0.2) is 0 Å². The van der Waals surface area contributed by atoms with E-state index in [1.807, 2.05) is 133 Å². The Kier molecular flexibility index (Phi) is 13.9. The van der Waals surface area contributed by atoms with Crippen molar-refractivity contribution in [2.45, 2.75) is 13.2 Å². The molecule has 0 unspecified atom stereocenters. The van der Waals surface area contributed by atoms with Crippen LogP contribution in [0, 0.1) is 0 Å². The predicted molar refractivity (Wildman–Crippen MR) is 237 cm³/mol. The lowest BCUT2D eigenvalue weighted by Gasteiger charge is -2.16. The van der Waals surface area contributed by atoms with Crippen molar-refractivity contribution >= 4 is 32.3 Å². The van der Waals surface area contributed by atoms with E-state index in [1.54, 1.807) is 0 Å². The minimum atomic E-state index is 0.343. The van der Waals surface area contributed by atoms with Crippen LogP contribution < -0.4 is 28.4 Å². The van der Waals surface area contributed by atoms with Crippen LogP contribution in [-0.4, -0.2) is 52.9 Å². The van der Waals surface area contributed by atoms with Gasteiger partial charge in [-0.3, -0.25) is 0 Å². The first-order valence-corrected chi connectivity index (χ1v) is 20.3. The van der Waals surface area contributed by atoms with Gasteiger partial charge in [0.1, 0.15) is 39.6 Å². The van der Waals surface area contributed by atoms with Crippen LogP contribution in [0.25, 0.3) is 32.3 Å². The predicted octanol–water partition coefficient (Wildman–Crippen LogP) is 11.3. The third-order valence-corrected chi connectivity index (χ3v) is 9.85. The molecule has 0 saturated heterocycles. The van der Waals surface area contributed by atoms with Gasteiger partial charge in [-0.2, -0.15) is 0 Å². The zero-order valence-electron chi connectivity index (χ0n) is 33.5. The first-order chi connectivity index (χ1) is 29.7. The summed E-state index contributed by atoms with van der Waals surface area (Å²) in [7, 11) is 0. The van der Waals surface area contributed by atoms with E-state index in [1.165, 1.54) is 0 Å². The number of benzene rings is 8. The molecule has 8 nitrogen and oxygen atoms in total. The topological polar surface area (TPSA) is 73.8 Å². The molecule has 0 saturated carbocycles. The zero-order chi connectivity index (χ0) is 40.6. The second kappa shape index (κ2) is 20.8. The maximum absolute atomic E-state index is 6.21. The van der Waals surface area contributed by atoms with Gasteiger partial charge in [0.25, 0.3) is 0 Å². The quantitative estimate of drug-likeness (QED) is 0.0628. The summed E-state index contributed by atoms with van der Waals surface area (Å²) in [4.78, 5) is 0. The van der Waals surface area contributed by atoms with Crippen molar-refractivity contribution in [3.63, 3.8) is 0 Å². The molecular weight excluding hydrogens is 753 g/mol. The SMILES string of the molecule is c1ccc(COc2cc3ccccc3cc2OCCOCCOc2cc3ccccc3cc2OCCOCCOc2cc3ccccc3cc2OCc2ccccc2)cc1. The Bertz CT molecular complexity index is 2400. The maximum atomic E-state index is 6.21.